The third-order valence-corrected chi connectivity index (χ3v) is 3.35. The molecule has 0 saturated heterocycles. The molecule has 0 saturated carbocycles. The summed E-state index contributed by atoms with van der Waals surface area (Å²) in [6.45, 7) is 4.00. The predicted octanol–water partition coefficient (Wildman–Crippen LogP) is 3.68. The molecule has 130 valence electrons. The zero-order chi connectivity index (χ0) is 18.7. The SMILES string of the molecule is CC.COc1ccc(C(C#N)CC(=O)NC(=O)c2ccccc2)cc1. The van der Waals surface area contributed by atoms with Gasteiger partial charge in [-0.15, -0.1) is 0 Å². The minimum atomic E-state index is -0.621. The summed E-state index contributed by atoms with van der Waals surface area (Å²) < 4.78 is 5.06. The van der Waals surface area contributed by atoms with E-state index in [0.29, 0.717) is 16.9 Å². The van der Waals surface area contributed by atoms with Gasteiger partial charge in [-0.25, -0.2) is 0 Å². The number of methoxy groups -OCH3 is 1. The van der Waals surface area contributed by atoms with Crippen molar-refractivity contribution in [1.29, 1.82) is 5.26 Å². The monoisotopic (exact) mass is 338 g/mol. The lowest BCUT2D eigenvalue weighted by Crippen LogP contribution is -2.31. The van der Waals surface area contributed by atoms with E-state index in [1.165, 1.54) is 0 Å². The highest BCUT2D eigenvalue weighted by atomic mass is 16.5. The van der Waals surface area contributed by atoms with Crippen LogP contribution in [0.25, 0.3) is 0 Å². The Kier molecular flexibility index (Phi) is 8.45. The van der Waals surface area contributed by atoms with Crippen molar-refractivity contribution in [3.63, 3.8) is 0 Å². The van der Waals surface area contributed by atoms with Gasteiger partial charge < -0.3 is 4.74 Å². The lowest BCUT2D eigenvalue weighted by molar-refractivity contribution is -0.120. The Morgan fingerprint density at radius 1 is 1.08 bits per heavy atom. The van der Waals surface area contributed by atoms with Crippen molar-refractivity contribution in [3.05, 3.63) is 65.7 Å². The molecule has 0 radical (unpaired) electrons. The van der Waals surface area contributed by atoms with Gasteiger partial charge >= 0.3 is 0 Å². The molecular formula is C20H22N2O3. The molecule has 1 atom stereocenters. The largest absolute Gasteiger partial charge is 0.497 e. The Balaban J connectivity index is 0.00000151. The van der Waals surface area contributed by atoms with Crippen molar-refractivity contribution in [2.75, 3.05) is 7.11 Å². The Bertz CT molecular complexity index is 719. The van der Waals surface area contributed by atoms with Gasteiger partial charge in [0.15, 0.2) is 0 Å². The molecule has 0 bridgehead atoms. The minimum absolute atomic E-state index is 0.0819. The first-order chi connectivity index (χ1) is 12.1. The average molecular weight is 338 g/mol. The number of nitrogens with zero attached hydrogens (tertiary/aromatic N) is 1. The van der Waals surface area contributed by atoms with Gasteiger partial charge in [0.25, 0.3) is 5.91 Å². The van der Waals surface area contributed by atoms with Crippen molar-refractivity contribution >= 4 is 11.8 Å². The lowest BCUT2D eigenvalue weighted by Gasteiger charge is -2.10. The van der Waals surface area contributed by atoms with Crippen molar-refractivity contribution < 1.29 is 14.3 Å². The highest BCUT2D eigenvalue weighted by Crippen LogP contribution is 2.21. The van der Waals surface area contributed by atoms with Crippen LogP contribution in [0.2, 0.25) is 0 Å². The first-order valence-electron chi connectivity index (χ1n) is 8.07. The third-order valence-electron chi connectivity index (χ3n) is 3.35. The number of carbonyl (C=O) groups is 2. The normalized spacial score (nSPS) is 10.5. The van der Waals surface area contributed by atoms with Gasteiger partial charge in [0.05, 0.1) is 19.1 Å². The Labute approximate surface area is 148 Å². The molecular weight excluding hydrogens is 316 g/mol. The standard InChI is InChI=1S/C18H16N2O3.C2H6/c1-23-16-9-7-13(8-10-16)15(12-19)11-17(21)20-18(22)14-5-3-2-4-6-14;1-2/h2-10,15H,11H2,1H3,(H,20,21,22);1-2H3. The van der Waals surface area contributed by atoms with Crippen molar-refractivity contribution in [3.8, 4) is 11.8 Å². The Morgan fingerprint density at radius 2 is 1.68 bits per heavy atom. The number of imide groups is 1. The molecule has 1 N–H and O–H groups in total. The Morgan fingerprint density at radius 3 is 2.20 bits per heavy atom. The number of amides is 2. The molecule has 0 spiro atoms. The second-order valence-electron chi connectivity index (χ2n) is 4.90. The molecule has 0 aromatic heterocycles. The van der Waals surface area contributed by atoms with Crippen LogP contribution in [0.4, 0.5) is 0 Å². The highest BCUT2D eigenvalue weighted by molar-refractivity contribution is 6.04. The van der Waals surface area contributed by atoms with Crippen LogP contribution < -0.4 is 10.1 Å². The van der Waals surface area contributed by atoms with E-state index in [4.69, 9.17) is 4.74 Å². The van der Waals surface area contributed by atoms with Gasteiger partial charge in [0.1, 0.15) is 5.75 Å². The van der Waals surface area contributed by atoms with Gasteiger partial charge in [-0.05, 0) is 29.8 Å². The van der Waals surface area contributed by atoms with Crippen LogP contribution in [-0.2, 0) is 4.79 Å². The maximum Gasteiger partial charge on any atom is 0.257 e. The van der Waals surface area contributed by atoms with Crippen molar-refractivity contribution in [1.82, 2.24) is 5.32 Å². The van der Waals surface area contributed by atoms with Crippen LogP contribution in [0.5, 0.6) is 5.75 Å². The fourth-order valence-electron chi connectivity index (χ4n) is 2.10. The van der Waals surface area contributed by atoms with Crippen molar-refractivity contribution in [2.24, 2.45) is 0 Å². The molecule has 0 aliphatic carbocycles. The number of rotatable bonds is 5. The molecule has 0 fully saturated rings. The van der Waals surface area contributed by atoms with Gasteiger partial charge in [0.2, 0.25) is 5.91 Å². The van der Waals surface area contributed by atoms with E-state index >= 15 is 0 Å². The molecule has 0 aliphatic rings. The lowest BCUT2D eigenvalue weighted by atomic mass is 9.97. The minimum Gasteiger partial charge on any atom is -0.497 e. The third kappa shape index (κ3) is 6.11. The number of hydrogen-bond donors (Lipinski definition) is 1. The van der Waals surface area contributed by atoms with Crippen LogP contribution >= 0.6 is 0 Å². The van der Waals surface area contributed by atoms with Gasteiger partial charge in [-0.1, -0.05) is 44.2 Å². The quantitative estimate of drug-likeness (QED) is 0.902. The van der Waals surface area contributed by atoms with Crippen LogP contribution in [0.15, 0.2) is 54.6 Å². The molecule has 2 aromatic rings. The molecule has 0 aliphatic heterocycles. The zero-order valence-corrected chi connectivity index (χ0v) is 14.7. The molecule has 2 amide bonds. The fraction of sp³-hybridized carbons (Fsp3) is 0.250. The number of hydrogen-bond acceptors (Lipinski definition) is 4. The number of nitriles is 1. The van der Waals surface area contributed by atoms with Crippen LogP contribution in [0.1, 0.15) is 42.1 Å². The Hall–Kier alpha value is -3.13. The van der Waals surface area contributed by atoms with E-state index in [1.807, 2.05) is 13.8 Å². The topological polar surface area (TPSA) is 79.2 Å². The average Bonchev–Trinajstić information content (AvgIpc) is 2.68. The molecule has 25 heavy (non-hydrogen) atoms. The van der Waals surface area contributed by atoms with Crippen LogP contribution in [-0.4, -0.2) is 18.9 Å². The first-order valence-corrected chi connectivity index (χ1v) is 8.07. The predicted molar refractivity (Wildman–Crippen MR) is 96.2 cm³/mol. The summed E-state index contributed by atoms with van der Waals surface area (Å²) in [5, 5.41) is 11.6. The number of nitrogens with one attached hydrogen (secondary N) is 1. The van der Waals surface area contributed by atoms with E-state index in [9.17, 15) is 14.9 Å². The number of benzene rings is 2. The molecule has 5 nitrogen and oxygen atoms in total. The van der Waals surface area contributed by atoms with Crippen molar-refractivity contribution in [2.45, 2.75) is 26.2 Å². The summed E-state index contributed by atoms with van der Waals surface area (Å²) in [5.41, 5.74) is 1.11. The molecule has 0 heterocycles. The number of ether oxygens (including phenoxy) is 1. The van der Waals surface area contributed by atoms with E-state index in [-0.39, 0.29) is 6.42 Å². The van der Waals surface area contributed by atoms with E-state index < -0.39 is 17.7 Å². The van der Waals surface area contributed by atoms with E-state index in [2.05, 4.69) is 11.4 Å². The summed E-state index contributed by atoms with van der Waals surface area (Å²) in [4.78, 5) is 23.9. The summed E-state index contributed by atoms with van der Waals surface area (Å²) in [6, 6.07) is 17.5. The zero-order valence-electron chi connectivity index (χ0n) is 14.7. The smallest absolute Gasteiger partial charge is 0.257 e. The second-order valence-corrected chi connectivity index (χ2v) is 4.90. The number of carbonyl (C=O) groups excluding carboxylic acids is 2. The van der Waals surface area contributed by atoms with Crippen LogP contribution in [0, 0.1) is 11.3 Å². The summed E-state index contributed by atoms with van der Waals surface area (Å²) in [7, 11) is 1.55. The molecule has 1 unspecified atom stereocenters. The summed E-state index contributed by atoms with van der Waals surface area (Å²) in [5.74, 6) is -0.901. The fourth-order valence-corrected chi connectivity index (χ4v) is 2.10. The molecule has 2 rings (SSSR count). The summed E-state index contributed by atoms with van der Waals surface area (Å²) >= 11 is 0. The van der Waals surface area contributed by atoms with E-state index in [1.54, 1.807) is 61.7 Å². The first kappa shape index (κ1) is 19.9. The van der Waals surface area contributed by atoms with Gasteiger partial charge in [-0.2, -0.15) is 5.26 Å². The van der Waals surface area contributed by atoms with Gasteiger partial charge in [-0.3, -0.25) is 14.9 Å². The molecule has 5 heteroatoms. The second kappa shape index (κ2) is 10.6. The van der Waals surface area contributed by atoms with E-state index in [0.717, 1.165) is 0 Å². The molecule has 2 aromatic carbocycles. The maximum atomic E-state index is 12.0. The maximum absolute atomic E-state index is 12.0. The summed E-state index contributed by atoms with van der Waals surface area (Å²) in [6.07, 6.45) is -0.0819. The van der Waals surface area contributed by atoms with Gasteiger partial charge in [0, 0.05) is 12.0 Å². The van der Waals surface area contributed by atoms with Crippen LogP contribution in [0.3, 0.4) is 0 Å². The highest BCUT2D eigenvalue weighted by Gasteiger charge is 2.18.